The van der Waals surface area contributed by atoms with Crippen molar-refractivity contribution in [1.29, 1.82) is 0 Å². The molecule has 1 amide bonds. The van der Waals surface area contributed by atoms with E-state index in [9.17, 15) is 9.18 Å². The van der Waals surface area contributed by atoms with E-state index < -0.39 is 0 Å². The lowest BCUT2D eigenvalue weighted by Gasteiger charge is -2.25. The van der Waals surface area contributed by atoms with Gasteiger partial charge in [-0.25, -0.2) is 4.39 Å². The van der Waals surface area contributed by atoms with Gasteiger partial charge in [0.1, 0.15) is 12.4 Å². The number of aromatic nitrogens is 2. The van der Waals surface area contributed by atoms with Crippen LogP contribution in [-0.2, 0) is 6.54 Å². The van der Waals surface area contributed by atoms with E-state index in [4.69, 9.17) is 4.52 Å². The minimum atomic E-state index is -0.377. The van der Waals surface area contributed by atoms with Gasteiger partial charge in [0, 0.05) is 17.2 Å². The number of amides is 1. The van der Waals surface area contributed by atoms with E-state index in [-0.39, 0.29) is 24.3 Å². The zero-order chi connectivity index (χ0) is 18.7. The third-order valence-corrected chi connectivity index (χ3v) is 4.03. The number of carbonyl (C=O) groups is 1. The van der Waals surface area contributed by atoms with Gasteiger partial charge in [0.15, 0.2) is 0 Å². The maximum Gasteiger partial charge on any atom is 0.254 e. The summed E-state index contributed by atoms with van der Waals surface area (Å²) in [6, 6.07) is 13.2. The molecule has 1 heterocycles. The van der Waals surface area contributed by atoms with Gasteiger partial charge in [-0.1, -0.05) is 28.9 Å². The molecule has 0 saturated heterocycles. The van der Waals surface area contributed by atoms with Crippen LogP contribution in [0.25, 0.3) is 11.4 Å². The summed E-state index contributed by atoms with van der Waals surface area (Å²) in [7, 11) is 0. The van der Waals surface area contributed by atoms with Crippen molar-refractivity contribution in [3.63, 3.8) is 0 Å². The van der Waals surface area contributed by atoms with Gasteiger partial charge >= 0.3 is 0 Å². The number of hydrogen-bond acceptors (Lipinski definition) is 4. The lowest BCUT2D eigenvalue weighted by Crippen LogP contribution is -2.36. The van der Waals surface area contributed by atoms with Crippen LogP contribution in [0, 0.1) is 12.7 Å². The van der Waals surface area contributed by atoms with Gasteiger partial charge in [0.05, 0.1) is 0 Å². The third kappa shape index (κ3) is 3.96. The normalized spacial score (nSPS) is 11.0. The highest BCUT2D eigenvalue weighted by atomic mass is 19.1. The highest BCUT2D eigenvalue weighted by Crippen LogP contribution is 2.19. The highest BCUT2D eigenvalue weighted by molar-refractivity contribution is 5.94. The van der Waals surface area contributed by atoms with Crippen molar-refractivity contribution in [1.82, 2.24) is 15.0 Å². The Balaban J connectivity index is 1.80. The van der Waals surface area contributed by atoms with Crippen LogP contribution in [0.15, 0.2) is 53.1 Å². The third-order valence-electron chi connectivity index (χ3n) is 4.03. The molecule has 0 spiro atoms. The predicted octanol–water partition coefficient (Wildman–Crippen LogP) is 4.23. The lowest BCUT2D eigenvalue weighted by molar-refractivity contribution is 0.0667. The second kappa shape index (κ2) is 7.47. The van der Waals surface area contributed by atoms with Crippen molar-refractivity contribution >= 4 is 5.91 Å². The van der Waals surface area contributed by atoms with Crippen molar-refractivity contribution in [3.8, 4) is 11.4 Å². The van der Waals surface area contributed by atoms with E-state index in [1.54, 1.807) is 4.90 Å². The molecule has 2 aromatic carbocycles. The van der Waals surface area contributed by atoms with E-state index in [1.807, 2.05) is 45.0 Å². The first-order valence-electron chi connectivity index (χ1n) is 8.40. The monoisotopic (exact) mass is 353 g/mol. The van der Waals surface area contributed by atoms with Crippen LogP contribution in [-0.4, -0.2) is 27.0 Å². The van der Waals surface area contributed by atoms with Gasteiger partial charge in [0.25, 0.3) is 5.91 Å². The van der Waals surface area contributed by atoms with Crippen LogP contribution in [0.2, 0.25) is 0 Å². The first-order valence-corrected chi connectivity index (χ1v) is 8.40. The SMILES string of the molecule is Cc1cccc(-c2noc(CN(C(=O)c3ccc(F)cc3)C(C)C)n2)c1. The van der Waals surface area contributed by atoms with Gasteiger partial charge in [-0.3, -0.25) is 4.79 Å². The second-order valence-electron chi connectivity index (χ2n) is 6.41. The molecule has 5 nitrogen and oxygen atoms in total. The predicted molar refractivity (Wildman–Crippen MR) is 95.9 cm³/mol. The summed E-state index contributed by atoms with van der Waals surface area (Å²) in [5.41, 5.74) is 2.38. The largest absolute Gasteiger partial charge is 0.337 e. The number of carbonyl (C=O) groups excluding carboxylic acids is 1. The Labute approximate surface area is 151 Å². The van der Waals surface area contributed by atoms with Gasteiger partial charge in [-0.2, -0.15) is 4.98 Å². The van der Waals surface area contributed by atoms with Gasteiger partial charge in [-0.15, -0.1) is 0 Å². The molecule has 0 fully saturated rings. The molecule has 26 heavy (non-hydrogen) atoms. The summed E-state index contributed by atoms with van der Waals surface area (Å²) in [6.07, 6.45) is 0. The van der Waals surface area contributed by atoms with Crippen molar-refractivity contribution in [2.75, 3.05) is 0 Å². The van der Waals surface area contributed by atoms with Crippen LogP contribution in [0.3, 0.4) is 0 Å². The molecule has 0 saturated carbocycles. The molecule has 0 aliphatic heterocycles. The van der Waals surface area contributed by atoms with Crippen LogP contribution >= 0.6 is 0 Å². The topological polar surface area (TPSA) is 59.2 Å². The van der Waals surface area contributed by atoms with E-state index >= 15 is 0 Å². The molecule has 134 valence electrons. The Kier molecular flexibility index (Phi) is 5.11. The minimum absolute atomic E-state index is 0.0816. The van der Waals surface area contributed by atoms with E-state index in [0.29, 0.717) is 17.3 Å². The van der Waals surface area contributed by atoms with E-state index in [2.05, 4.69) is 10.1 Å². The standard InChI is InChI=1S/C20H20FN3O2/c1-13(2)24(20(25)15-7-9-17(21)10-8-15)12-18-22-19(23-26-18)16-6-4-5-14(3)11-16/h4-11,13H,12H2,1-3H3. The first-order chi connectivity index (χ1) is 12.4. The second-order valence-corrected chi connectivity index (χ2v) is 6.41. The number of halogens is 1. The van der Waals surface area contributed by atoms with Crippen LogP contribution in [0.5, 0.6) is 0 Å². The Morgan fingerprint density at radius 3 is 2.58 bits per heavy atom. The quantitative estimate of drug-likeness (QED) is 0.688. The van der Waals surface area contributed by atoms with Crippen LogP contribution in [0.4, 0.5) is 4.39 Å². The Hall–Kier alpha value is -3.02. The summed E-state index contributed by atoms with van der Waals surface area (Å²) in [4.78, 5) is 18.8. The zero-order valence-corrected chi connectivity index (χ0v) is 14.9. The fourth-order valence-corrected chi connectivity index (χ4v) is 2.61. The smallest absolute Gasteiger partial charge is 0.254 e. The van der Waals surface area contributed by atoms with Crippen molar-refractivity contribution in [3.05, 3.63) is 71.4 Å². The summed E-state index contributed by atoms with van der Waals surface area (Å²) < 4.78 is 18.4. The van der Waals surface area contributed by atoms with E-state index in [0.717, 1.165) is 11.1 Å². The van der Waals surface area contributed by atoms with Gasteiger partial charge in [-0.05, 0) is 51.1 Å². The fourth-order valence-electron chi connectivity index (χ4n) is 2.61. The maximum absolute atomic E-state index is 13.1. The fraction of sp³-hybridized carbons (Fsp3) is 0.250. The number of hydrogen-bond donors (Lipinski definition) is 0. The molecule has 0 aliphatic carbocycles. The van der Waals surface area contributed by atoms with Crippen molar-refractivity contribution < 1.29 is 13.7 Å². The molecule has 3 rings (SSSR count). The Morgan fingerprint density at radius 2 is 1.92 bits per heavy atom. The molecule has 0 N–H and O–H groups in total. The first kappa shape index (κ1) is 17.8. The summed E-state index contributed by atoms with van der Waals surface area (Å²) in [5.74, 6) is 0.250. The average Bonchev–Trinajstić information content (AvgIpc) is 3.08. The maximum atomic E-state index is 13.1. The van der Waals surface area contributed by atoms with Crippen molar-refractivity contribution in [2.45, 2.75) is 33.4 Å². The van der Waals surface area contributed by atoms with Crippen LogP contribution < -0.4 is 0 Å². The number of aryl methyl sites for hydroxylation is 1. The number of nitrogens with zero attached hydrogens (tertiary/aromatic N) is 3. The summed E-state index contributed by atoms with van der Waals surface area (Å²) >= 11 is 0. The molecule has 0 aliphatic rings. The molecular weight excluding hydrogens is 333 g/mol. The molecule has 0 atom stereocenters. The zero-order valence-electron chi connectivity index (χ0n) is 14.9. The number of rotatable bonds is 5. The average molecular weight is 353 g/mol. The Bertz CT molecular complexity index is 903. The summed E-state index contributed by atoms with van der Waals surface area (Å²) in [5, 5.41) is 4.01. The molecule has 3 aromatic rings. The molecular formula is C20H20FN3O2. The number of benzene rings is 2. The Morgan fingerprint density at radius 1 is 1.19 bits per heavy atom. The molecule has 0 unspecified atom stereocenters. The molecule has 0 bridgehead atoms. The molecule has 0 radical (unpaired) electrons. The summed E-state index contributed by atoms with van der Waals surface area (Å²) in [6.45, 7) is 5.98. The van der Waals surface area contributed by atoms with Crippen LogP contribution in [0.1, 0.15) is 35.7 Å². The van der Waals surface area contributed by atoms with E-state index in [1.165, 1.54) is 24.3 Å². The lowest BCUT2D eigenvalue weighted by atomic mass is 10.1. The van der Waals surface area contributed by atoms with Crippen molar-refractivity contribution in [2.24, 2.45) is 0 Å². The molecule has 6 heteroatoms. The van der Waals surface area contributed by atoms with Gasteiger partial charge < -0.3 is 9.42 Å². The minimum Gasteiger partial charge on any atom is -0.337 e. The van der Waals surface area contributed by atoms with Gasteiger partial charge in [0.2, 0.25) is 11.7 Å². The molecule has 1 aromatic heterocycles. The highest BCUT2D eigenvalue weighted by Gasteiger charge is 2.22.